The van der Waals surface area contributed by atoms with Crippen LogP contribution in [0.2, 0.25) is 0 Å². The number of allylic oxidation sites excluding steroid dienone is 2. The lowest BCUT2D eigenvalue weighted by atomic mass is 9.89. The molecule has 0 radical (unpaired) electrons. The smallest absolute Gasteiger partial charge is 0.0464 e. The Morgan fingerprint density at radius 3 is 2.10 bits per heavy atom. The van der Waals surface area contributed by atoms with Crippen molar-refractivity contribution in [1.29, 1.82) is 0 Å². The predicted molar refractivity (Wildman–Crippen MR) is 137 cm³/mol. The van der Waals surface area contributed by atoms with E-state index < -0.39 is 0 Å². The van der Waals surface area contributed by atoms with Gasteiger partial charge in [-0.3, -0.25) is 0 Å². The summed E-state index contributed by atoms with van der Waals surface area (Å²) in [4.78, 5) is 0. The minimum atomic E-state index is 0.668. The van der Waals surface area contributed by atoms with E-state index in [-0.39, 0.29) is 0 Å². The maximum Gasteiger partial charge on any atom is 0.0464 e. The number of anilines is 1. The number of aryl methyl sites for hydroxylation is 2. The molecule has 1 saturated carbocycles. The van der Waals surface area contributed by atoms with Gasteiger partial charge in [0.25, 0.3) is 0 Å². The highest BCUT2D eigenvalue weighted by atomic mass is 35.5. The van der Waals surface area contributed by atoms with Crippen molar-refractivity contribution in [3.05, 3.63) is 101 Å². The summed E-state index contributed by atoms with van der Waals surface area (Å²) in [6.45, 7) is 4.31. The Bertz CT molecular complexity index is 955. The highest BCUT2D eigenvalue weighted by molar-refractivity contribution is 6.18. The Kier molecular flexibility index (Phi) is 9.24. The van der Waals surface area contributed by atoms with Crippen LogP contribution in [0.1, 0.15) is 50.2 Å². The van der Waals surface area contributed by atoms with Gasteiger partial charge in [-0.05, 0) is 49.8 Å². The largest absolute Gasteiger partial charge is 0.358 e. The average molecular weight is 432 g/mol. The summed E-state index contributed by atoms with van der Waals surface area (Å²) in [5, 5.41) is 3.74. The van der Waals surface area contributed by atoms with E-state index in [0.29, 0.717) is 5.88 Å². The number of halogens is 1. The number of nitrogens with one attached hydrogen (secondary N) is 1. The van der Waals surface area contributed by atoms with Crippen molar-refractivity contribution < 1.29 is 0 Å². The van der Waals surface area contributed by atoms with E-state index in [1.165, 1.54) is 59.3 Å². The van der Waals surface area contributed by atoms with Crippen LogP contribution in [-0.4, -0.2) is 5.88 Å². The number of rotatable bonds is 7. The molecule has 1 fully saturated rings. The molecule has 1 aliphatic carbocycles. The molecule has 1 aliphatic rings. The van der Waals surface area contributed by atoms with Gasteiger partial charge in [0.05, 0.1) is 0 Å². The van der Waals surface area contributed by atoms with Crippen LogP contribution in [-0.2, 0) is 6.42 Å². The van der Waals surface area contributed by atoms with E-state index in [4.69, 9.17) is 11.6 Å². The lowest BCUT2D eigenvalue weighted by Gasteiger charge is -2.24. The highest BCUT2D eigenvalue weighted by Gasteiger charge is 2.16. The second-order valence-corrected chi connectivity index (χ2v) is 8.53. The molecule has 0 atom stereocenters. The van der Waals surface area contributed by atoms with Gasteiger partial charge in [0.1, 0.15) is 0 Å². The normalized spacial score (nSPS) is 12.4. The fourth-order valence-electron chi connectivity index (χ4n) is 3.78. The Morgan fingerprint density at radius 2 is 1.58 bits per heavy atom. The summed E-state index contributed by atoms with van der Waals surface area (Å²) in [5.74, 6) is 0.668. The van der Waals surface area contributed by atoms with Crippen molar-refractivity contribution in [2.45, 2.75) is 52.4 Å². The van der Waals surface area contributed by atoms with Crippen LogP contribution in [0.15, 0.2) is 90.1 Å². The van der Waals surface area contributed by atoms with E-state index >= 15 is 0 Å². The molecule has 0 unspecified atom stereocenters. The monoisotopic (exact) mass is 431 g/mol. The SMILES string of the molecule is CCCc1ccc(-c2ccccc2)c(NC(CCCl)=C2CCC2)c1.Cc1ccccc1. The van der Waals surface area contributed by atoms with Crippen LogP contribution < -0.4 is 5.32 Å². The highest BCUT2D eigenvalue weighted by Crippen LogP contribution is 2.35. The Balaban J connectivity index is 0.000000330. The van der Waals surface area contributed by atoms with Crippen molar-refractivity contribution in [1.82, 2.24) is 0 Å². The fraction of sp³-hybridized carbons (Fsp3) is 0.310. The number of hydrogen-bond donors (Lipinski definition) is 1. The lowest BCUT2D eigenvalue weighted by Crippen LogP contribution is -2.11. The first kappa shape index (κ1) is 23.2. The van der Waals surface area contributed by atoms with Gasteiger partial charge in [0.2, 0.25) is 0 Å². The first-order chi connectivity index (χ1) is 15.2. The molecule has 0 amide bonds. The Morgan fingerprint density at radius 1 is 0.903 bits per heavy atom. The molecule has 0 aromatic heterocycles. The molecule has 4 rings (SSSR count). The summed E-state index contributed by atoms with van der Waals surface area (Å²) in [6.07, 6.45) is 6.95. The van der Waals surface area contributed by atoms with Gasteiger partial charge in [-0.25, -0.2) is 0 Å². The van der Waals surface area contributed by atoms with Gasteiger partial charge in [-0.1, -0.05) is 97.3 Å². The predicted octanol–water partition coefficient (Wildman–Crippen LogP) is 8.78. The first-order valence-corrected chi connectivity index (χ1v) is 12.0. The van der Waals surface area contributed by atoms with Crippen molar-refractivity contribution in [3.8, 4) is 11.1 Å². The van der Waals surface area contributed by atoms with Gasteiger partial charge in [0, 0.05) is 29.2 Å². The molecule has 0 heterocycles. The molecule has 1 N–H and O–H groups in total. The zero-order valence-electron chi connectivity index (χ0n) is 18.8. The molecular weight excluding hydrogens is 398 g/mol. The molecule has 0 spiro atoms. The van der Waals surface area contributed by atoms with E-state index in [2.05, 4.69) is 79.8 Å². The topological polar surface area (TPSA) is 12.0 Å². The number of alkyl halides is 1. The lowest BCUT2D eigenvalue weighted by molar-refractivity contribution is 0.646. The van der Waals surface area contributed by atoms with Crippen LogP contribution in [0.3, 0.4) is 0 Å². The van der Waals surface area contributed by atoms with E-state index in [1.54, 1.807) is 5.57 Å². The van der Waals surface area contributed by atoms with Crippen molar-refractivity contribution >= 4 is 17.3 Å². The maximum absolute atomic E-state index is 6.05. The molecule has 3 aromatic carbocycles. The summed E-state index contributed by atoms with van der Waals surface area (Å²) in [6, 6.07) is 27.7. The van der Waals surface area contributed by atoms with Crippen molar-refractivity contribution in [2.75, 3.05) is 11.2 Å². The molecule has 1 nitrogen and oxygen atoms in total. The second-order valence-electron chi connectivity index (χ2n) is 8.15. The molecule has 0 aliphatic heterocycles. The zero-order chi connectivity index (χ0) is 21.9. The number of hydrogen-bond acceptors (Lipinski definition) is 1. The molecule has 3 aromatic rings. The standard InChI is InChI=1S/C22H26ClN.C7H8/c1-2-7-17-12-13-20(18-8-4-3-5-9-18)22(16-17)24-21(14-15-23)19-10-6-11-19;1-7-5-3-2-4-6-7/h3-5,8-9,12-13,16,24H,2,6-7,10-11,14-15H2,1H3;2-6H,1H3. The third-order valence-electron chi connectivity index (χ3n) is 5.66. The Hall–Kier alpha value is -2.51. The van der Waals surface area contributed by atoms with Gasteiger partial charge in [0.15, 0.2) is 0 Å². The third kappa shape index (κ3) is 7.01. The summed E-state index contributed by atoms with van der Waals surface area (Å²) in [7, 11) is 0. The number of benzene rings is 3. The van der Waals surface area contributed by atoms with Crippen LogP contribution in [0, 0.1) is 6.92 Å². The third-order valence-corrected chi connectivity index (χ3v) is 5.85. The van der Waals surface area contributed by atoms with Crippen LogP contribution in [0.25, 0.3) is 11.1 Å². The second kappa shape index (κ2) is 12.4. The van der Waals surface area contributed by atoms with Gasteiger partial charge < -0.3 is 5.32 Å². The molecule has 0 bridgehead atoms. The van der Waals surface area contributed by atoms with Gasteiger partial charge in [-0.15, -0.1) is 11.6 Å². The molecule has 0 saturated heterocycles. The van der Waals surface area contributed by atoms with Gasteiger partial charge in [-0.2, -0.15) is 0 Å². The minimum Gasteiger partial charge on any atom is -0.358 e. The molecule has 162 valence electrons. The summed E-state index contributed by atoms with van der Waals surface area (Å²) < 4.78 is 0. The van der Waals surface area contributed by atoms with Crippen LogP contribution in [0.4, 0.5) is 5.69 Å². The van der Waals surface area contributed by atoms with Crippen LogP contribution in [0.5, 0.6) is 0 Å². The summed E-state index contributed by atoms with van der Waals surface area (Å²) in [5.41, 5.74) is 9.34. The molecule has 2 heteroatoms. The zero-order valence-corrected chi connectivity index (χ0v) is 19.6. The van der Waals surface area contributed by atoms with Gasteiger partial charge >= 0.3 is 0 Å². The van der Waals surface area contributed by atoms with Crippen molar-refractivity contribution in [3.63, 3.8) is 0 Å². The van der Waals surface area contributed by atoms with E-state index in [0.717, 1.165) is 12.8 Å². The maximum atomic E-state index is 6.05. The fourth-order valence-corrected chi connectivity index (χ4v) is 3.97. The molecular formula is C29H34ClN. The average Bonchev–Trinajstić information content (AvgIpc) is 2.75. The van der Waals surface area contributed by atoms with E-state index in [9.17, 15) is 0 Å². The van der Waals surface area contributed by atoms with Crippen LogP contribution >= 0.6 is 11.6 Å². The summed E-state index contributed by atoms with van der Waals surface area (Å²) >= 11 is 6.05. The quantitative estimate of drug-likeness (QED) is 0.368. The molecule has 31 heavy (non-hydrogen) atoms. The van der Waals surface area contributed by atoms with E-state index in [1.807, 2.05) is 18.2 Å². The minimum absolute atomic E-state index is 0.668. The first-order valence-electron chi connectivity index (χ1n) is 11.4. The van der Waals surface area contributed by atoms with Crippen molar-refractivity contribution in [2.24, 2.45) is 0 Å². The Labute approximate surface area is 193 Å².